The minimum Gasteiger partial charge on any atom is -0.395 e. The summed E-state index contributed by atoms with van der Waals surface area (Å²) in [6, 6.07) is 0.0796. The lowest BCUT2D eigenvalue weighted by Gasteiger charge is -2.29. The second kappa shape index (κ2) is 7.65. The molecule has 0 aliphatic heterocycles. The van der Waals surface area contributed by atoms with Crippen molar-refractivity contribution in [3.05, 3.63) is 18.1 Å². The van der Waals surface area contributed by atoms with Crippen molar-refractivity contribution in [2.75, 3.05) is 18.6 Å². The first-order valence-electron chi connectivity index (χ1n) is 6.38. The van der Waals surface area contributed by atoms with Gasteiger partial charge in [0.2, 0.25) is 0 Å². The van der Waals surface area contributed by atoms with E-state index in [2.05, 4.69) is 15.4 Å². The number of carbonyl (C=O) groups excluding carboxylic acids is 1. The van der Waals surface area contributed by atoms with Crippen LogP contribution >= 0.6 is 0 Å². The summed E-state index contributed by atoms with van der Waals surface area (Å²) in [6.45, 7) is 4.22. The molecule has 1 heterocycles. The number of hydrogen-bond donors (Lipinski definition) is 3. The van der Waals surface area contributed by atoms with E-state index in [4.69, 9.17) is 10.9 Å². The smallest absolute Gasteiger partial charge is 0.274 e. The van der Waals surface area contributed by atoms with Gasteiger partial charge in [0.1, 0.15) is 5.69 Å². The molecule has 0 saturated carbocycles. The first-order chi connectivity index (χ1) is 9.17. The summed E-state index contributed by atoms with van der Waals surface area (Å²) in [5, 5.41) is 9.11. The quantitative estimate of drug-likeness (QED) is 0.487. The Hall–Kier alpha value is -1.73. The van der Waals surface area contributed by atoms with Crippen LogP contribution in [0.3, 0.4) is 0 Å². The lowest BCUT2D eigenvalue weighted by Crippen LogP contribution is -2.42. The van der Waals surface area contributed by atoms with Crippen molar-refractivity contribution >= 4 is 11.7 Å². The van der Waals surface area contributed by atoms with Crippen LogP contribution in [0.5, 0.6) is 0 Å². The van der Waals surface area contributed by atoms with Gasteiger partial charge in [0.05, 0.1) is 19.0 Å². The van der Waals surface area contributed by atoms with E-state index in [0.717, 1.165) is 12.8 Å². The van der Waals surface area contributed by atoms with E-state index < -0.39 is 0 Å². The Kier molecular flexibility index (Phi) is 6.17. The third-order valence-electron chi connectivity index (χ3n) is 2.99. The van der Waals surface area contributed by atoms with Crippen LogP contribution in [0.25, 0.3) is 0 Å². The number of rotatable bonds is 7. The monoisotopic (exact) mass is 267 g/mol. The van der Waals surface area contributed by atoms with Crippen LogP contribution in [0.2, 0.25) is 0 Å². The van der Waals surface area contributed by atoms with E-state index in [0.29, 0.717) is 5.82 Å². The Morgan fingerprint density at radius 1 is 1.47 bits per heavy atom. The molecule has 1 amide bonds. The van der Waals surface area contributed by atoms with Crippen molar-refractivity contribution in [3.63, 3.8) is 0 Å². The molecule has 0 atom stereocenters. The van der Waals surface area contributed by atoms with Gasteiger partial charge in [-0.1, -0.05) is 13.8 Å². The van der Waals surface area contributed by atoms with Crippen molar-refractivity contribution in [1.29, 1.82) is 0 Å². The number of aliphatic hydroxyl groups is 1. The molecular weight excluding hydrogens is 246 g/mol. The summed E-state index contributed by atoms with van der Waals surface area (Å²) in [6.07, 6.45) is 4.48. The zero-order valence-corrected chi connectivity index (χ0v) is 11.3. The fourth-order valence-corrected chi connectivity index (χ4v) is 1.97. The first kappa shape index (κ1) is 15.3. The summed E-state index contributed by atoms with van der Waals surface area (Å²) in [5.41, 5.74) is 2.57. The highest BCUT2D eigenvalue weighted by molar-refractivity contribution is 5.92. The molecule has 0 spiro atoms. The van der Waals surface area contributed by atoms with Crippen LogP contribution in [0, 0.1) is 0 Å². The Morgan fingerprint density at radius 2 is 2.16 bits per heavy atom. The van der Waals surface area contributed by atoms with Crippen molar-refractivity contribution in [2.45, 2.75) is 32.7 Å². The van der Waals surface area contributed by atoms with Crippen molar-refractivity contribution in [3.8, 4) is 0 Å². The van der Waals surface area contributed by atoms with Gasteiger partial charge in [-0.05, 0) is 12.8 Å². The number of hydrogen-bond acceptors (Lipinski definition) is 6. The normalized spacial score (nSPS) is 10.6. The van der Waals surface area contributed by atoms with Crippen LogP contribution in [0.1, 0.15) is 37.2 Å². The molecule has 0 aliphatic rings. The molecule has 19 heavy (non-hydrogen) atoms. The summed E-state index contributed by atoms with van der Waals surface area (Å²) >= 11 is 0. The molecule has 7 nitrogen and oxygen atoms in total. The molecule has 0 bridgehead atoms. The number of nitrogens with zero attached hydrogens (tertiary/aromatic N) is 3. The predicted octanol–water partition coefficient (Wildman–Crippen LogP) is 0.385. The van der Waals surface area contributed by atoms with E-state index in [9.17, 15) is 4.79 Å². The van der Waals surface area contributed by atoms with Crippen LogP contribution < -0.4 is 11.3 Å². The number of amides is 1. The summed E-state index contributed by atoms with van der Waals surface area (Å²) in [4.78, 5) is 22.0. The maximum absolute atomic E-state index is 12.4. The zero-order valence-electron chi connectivity index (χ0n) is 11.3. The summed E-state index contributed by atoms with van der Waals surface area (Å²) < 4.78 is 0. The summed E-state index contributed by atoms with van der Waals surface area (Å²) in [5.74, 6) is 5.34. The van der Waals surface area contributed by atoms with Crippen molar-refractivity contribution in [2.24, 2.45) is 5.84 Å². The highest BCUT2D eigenvalue weighted by atomic mass is 16.3. The lowest BCUT2D eigenvalue weighted by atomic mass is 10.1. The molecule has 7 heteroatoms. The SMILES string of the molecule is CCC(CC)N(CCO)C(=O)c1cncc(NN)n1. The Morgan fingerprint density at radius 3 is 2.68 bits per heavy atom. The van der Waals surface area contributed by atoms with E-state index in [-0.39, 0.29) is 30.8 Å². The van der Waals surface area contributed by atoms with E-state index in [1.165, 1.54) is 12.4 Å². The predicted molar refractivity (Wildman–Crippen MR) is 72.3 cm³/mol. The van der Waals surface area contributed by atoms with Crippen LogP contribution in [0.15, 0.2) is 12.4 Å². The molecular formula is C12H21N5O2. The van der Waals surface area contributed by atoms with Crippen LogP contribution in [0.4, 0.5) is 5.82 Å². The molecule has 0 radical (unpaired) electrons. The number of aromatic nitrogens is 2. The van der Waals surface area contributed by atoms with Gasteiger partial charge >= 0.3 is 0 Å². The van der Waals surface area contributed by atoms with Gasteiger partial charge in [0, 0.05) is 12.6 Å². The van der Waals surface area contributed by atoms with Gasteiger partial charge in [-0.15, -0.1) is 0 Å². The minimum absolute atomic E-state index is 0.0789. The van der Waals surface area contributed by atoms with E-state index in [1.807, 2.05) is 13.8 Å². The fourth-order valence-electron chi connectivity index (χ4n) is 1.97. The standard InChI is InChI=1S/C12H21N5O2/c1-3-9(4-2)17(5-6-18)12(19)10-7-14-8-11(15-10)16-13/h7-9,18H,3-6,13H2,1-2H3,(H,15,16). The minimum atomic E-state index is -0.243. The topological polar surface area (TPSA) is 104 Å². The maximum Gasteiger partial charge on any atom is 0.274 e. The molecule has 1 aromatic rings. The van der Waals surface area contributed by atoms with Crippen LogP contribution in [-0.2, 0) is 0 Å². The largest absolute Gasteiger partial charge is 0.395 e. The Balaban J connectivity index is 2.97. The Bertz CT molecular complexity index is 409. The number of hydrazine groups is 1. The molecule has 0 aliphatic carbocycles. The van der Waals surface area contributed by atoms with Crippen molar-refractivity contribution in [1.82, 2.24) is 14.9 Å². The average Bonchev–Trinajstić information content (AvgIpc) is 2.47. The van der Waals surface area contributed by atoms with E-state index in [1.54, 1.807) is 4.90 Å². The van der Waals surface area contributed by atoms with Gasteiger partial charge in [-0.2, -0.15) is 0 Å². The first-order valence-corrected chi connectivity index (χ1v) is 6.38. The highest BCUT2D eigenvalue weighted by Gasteiger charge is 2.23. The third kappa shape index (κ3) is 3.87. The molecule has 1 rings (SSSR count). The van der Waals surface area contributed by atoms with Gasteiger partial charge in [-0.25, -0.2) is 10.8 Å². The Labute approximate surface area is 112 Å². The summed E-state index contributed by atoms with van der Waals surface area (Å²) in [7, 11) is 0. The van der Waals surface area contributed by atoms with Crippen molar-refractivity contribution < 1.29 is 9.90 Å². The number of nitrogen functional groups attached to an aromatic ring is 1. The van der Waals surface area contributed by atoms with Gasteiger partial charge in [-0.3, -0.25) is 9.78 Å². The fraction of sp³-hybridized carbons (Fsp3) is 0.583. The molecule has 0 saturated heterocycles. The molecule has 4 N–H and O–H groups in total. The highest BCUT2D eigenvalue weighted by Crippen LogP contribution is 2.12. The molecule has 106 valence electrons. The van der Waals surface area contributed by atoms with Crippen LogP contribution in [-0.4, -0.2) is 45.1 Å². The molecule has 0 fully saturated rings. The van der Waals surface area contributed by atoms with Gasteiger partial charge < -0.3 is 15.4 Å². The second-order valence-corrected chi connectivity index (χ2v) is 4.13. The zero-order chi connectivity index (χ0) is 14.3. The van der Waals surface area contributed by atoms with Gasteiger partial charge in [0.25, 0.3) is 5.91 Å². The number of aliphatic hydroxyl groups excluding tert-OH is 1. The number of anilines is 1. The number of nitrogens with two attached hydrogens (primary N) is 1. The second-order valence-electron chi connectivity index (χ2n) is 4.13. The third-order valence-corrected chi connectivity index (χ3v) is 2.99. The molecule has 1 aromatic heterocycles. The molecule has 0 unspecified atom stereocenters. The van der Waals surface area contributed by atoms with Gasteiger partial charge in [0.15, 0.2) is 5.82 Å². The average molecular weight is 267 g/mol. The lowest BCUT2D eigenvalue weighted by molar-refractivity contribution is 0.0616. The molecule has 0 aromatic carbocycles. The maximum atomic E-state index is 12.4. The number of nitrogens with one attached hydrogen (secondary N) is 1. The van der Waals surface area contributed by atoms with E-state index >= 15 is 0 Å². The number of carbonyl (C=O) groups is 1.